The summed E-state index contributed by atoms with van der Waals surface area (Å²) in [7, 11) is 1.69. The summed E-state index contributed by atoms with van der Waals surface area (Å²) in [5.74, 6) is 1.91. The number of fused-ring (bicyclic) bond motifs is 1. The molecule has 126 valence electrons. The Labute approximate surface area is 149 Å². The van der Waals surface area contributed by atoms with Crippen LogP contribution in [0.4, 0.5) is 0 Å². The lowest BCUT2D eigenvalue weighted by molar-refractivity contribution is 0.0969. The van der Waals surface area contributed by atoms with Gasteiger partial charge in [0.2, 0.25) is 0 Å². The first-order valence-electron chi connectivity index (χ1n) is 8.09. The zero-order chi connectivity index (χ0) is 16.8. The number of aromatic nitrogens is 1. The molecular weight excluding hydrogens is 346 g/mol. The molecule has 0 N–H and O–H groups in total. The van der Waals surface area contributed by atoms with Gasteiger partial charge in [-0.3, -0.25) is 4.79 Å². The Morgan fingerprint density at radius 1 is 1.38 bits per heavy atom. The van der Waals surface area contributed by atoms with Gasteiger partial charge in [-0.2, -0.15) is 0 Å². The fraction of sp³-hybridized carbons (Fsp3) is 0.444. The SMILES string of the molecule is COC1CCSc2c(C)cc(C(=O)c3cnoc3C3CC3)c(Cl)c21. The summed E-state index contributed by atoms with van der Waals surface area (Å²) in [4.78, 5) is 14.2. The molecule has 0 spiro atoms. The Morgan fingerprint density at radius 2 is 2.17 bits per heavy atom. The van der Waals surface area contributed by atoms with Gasteiger partial charge in [0.25, 0.3) is 0 Å². The van der Waals surface area contributed by atoms with Crippen molar-refractivity contribution < 1.29 is 14.1 Å². The van der Waals surface area contributed by atoms with Crippen LogP contribution in [0.5, 0.6) is 0 Å². The molecule has 0 radical (unpaired) electrons. The first-order chi connectivity index (χ1) is 11.6. The minimum absolute atomic E-state index is 0.0643. The van der Waals surface area contributed by atoms with E-state index in [1.165, 1.54) is 6.20 Å². The van der Waals surface area contributed by atoms with Crippen LogP contribution in [0.1, 0.15) is 64.1 Å². The molecule has 0 amide bonds. The number of methoxy groups -OCH3 is 1. The van der Waals surface area contributed by atoms with E-state index in [2.05, 4.69) is 5.16 Å². The van der Waals surface area contributed by atoms with Crippen LogP contribution < -0.4 is 0 Å². The number of benzene rings is 1. The maximum atomic E-state index is 13.1. The highest BCUT2D eigenvalue weighted by atomic mass is 35.5. The minimum atomic E-state index is -0.112. The number of aryl methyl sites for hydroxylation is 1. The van der Waals surface area contributed by atoms with Crippen LogP contribution >= 0.6 is 23.4 Å². The summed E-state index contributed by atoms with van der Waals surface area (Å²) < 4.78 is 10.9. The van der Waals surface area contributed by atoms with Crippen molar-refractivity contribution in [1.82, 2.24) is 5.16 Å². The smallest absolute Gasteiger partial charge is 0.199 e. The summed E-state index contributed by atoms with van der Waals surface area (Å²) >= 11 is 8.44. The summed E-state index contributed by atoms with van der Waals surface area (Å²) in [6, 6.07) is 1.89. The van der Waals surface area contributed by atoms with Crippen molar-refractivity contribution in [3.8, 4) is 0 Å². The van der Waals surface area contributed by atoms with Gasteiger partial charge in [0.05, 0.1) is 22.9 Å². The van der Waals surface area contributed by atoms with E-state index in [1.807, 2.05) is 13.0 Å². The zero-order valence-corrected chi connectivity index (χ0v) is 15.2. The second-order valence-corrected chi connectivity index (χ2v) is 7.85. The molecule has 6 heteroatoms. The van der Waals surface area contributed by atoms with Crippen molar-refractivity contribution >= 4 is 29.1 Å². The van der Waals surface area contributed by atoms with Gasteiger partial charge in [-0.25, -0.2) is 0 Å². The lowest BCUT2D eigenvalue weighted by Crippen LogP contribution is -2.14. The molecular formula is C18H18ClNO3S. The number of carbonyl (C=O) groups is 1. The Kier molecular flexibility index (Phi) is 4.19. The van der Waals surface area contributed by atoms with E-state index in [0.717, 1.165) is 41.0 Å². The van der Waals surface area contributed by atoms with Crippen LogP contribution in [-0.2, 0) is 4.74 Å². The molecule has 2 aliphatic rings. The lowest BCUT2D eigenvalue weighted by atomic mass is 9.95. The van der Waals surface area contributed by atoms with E-state index in [-0.39, 0.29) is 11.9 Å². The monoisotopic (exact) mass is 363 g/mol. The molecule has 1 aliphatic carbocycles. The summed E-state index contributed by atoms with van der Waals surface area (Å²) in [6.45, 7) is 2.02. The van der Waals surface area contributed by atoms with Crippen molar-refractivity contribution in [3.63, 3.8) is 0 Å². The molecule has 0 bridgehead atoms. The van der Waals surface area contributed by atoms with Crippen LogP contribution in [0.15, 0.2) is 21.7 Å². The van der Waals surface area contributed by atoms with Crippen LogP contribution in [-0.4, -0.2) is 23.8 Å². The summed E-state index contributed by atoms with van der Waals surface area (Å²) in [5.41, 5.74) is 3.07. The van der Waals surface area contributed by atoms with Crippen LogP contribution in [0.3, 0.4) is 0 Å². The minimum Gasteiger partial charge on any atom is -0.377 e. The molecule has 0 saturated heterocycles. The number of hydrogen-bond donors (Lipinski definition) is 0. The molecule has 1 aromatic heterocycles. The van der Waals surface area contributed by atoms with Gasteiger partial charge in [0, 0.05) is 34.8 Å². The van der Waals surface area contributed by atoms with Crippen molar-refractivity contribution in [3.05, 3.63) is 45.3 Å². The molecule has 1 saturated carbocycles. The highest BCUT2D eigenvalue weighted by molar-refractivity contribution is 7.99. The second kappa shape index (κ2) is 6.21. The zero-order valence-electron chi connectivity index (χ0n) is 13.6. The topological polar surface area (TPSA) is 52.3 Å². The maximum absolute atomic E-state index is 13.1. The van der Waals surface area contributed by atoms with Crippen molar-refractivity contribution in [1.29, 1.82) is 0 Å². The summed E-state index contributed by atoms with van der Waals surface area (Å²) in [6.07, 6.45) is 4.45. The molecule has 2 aromatic rings. The van der Waals surface area contributed by atoms with Gasteiger partial charge in [0.15, 0.2) is 11.5 Å². The fourth-order valence-corrected chi connectivity index (χ4v) is 4.92. The molecule has 1 unspecified atom stereocenters. The number of thioether (sulfide) groups is 1. The average Bonchev–Trinajstić information content (AvgIpc) is 3.33. The van der Waals surface area contributed by atoms with E-state index in [4.69, 9.17) is 20.9 Å². The first kappa shape index (κ1) is 16.2. The van der Waals surface area contributed by atoms with Crippen molar-refractivity contribution in [2.24, 2.45) is 0 Å². The van der Waals surface area contributed by atoms with Crippen molar-refractivity contribution in [2.75, 3.05) is 12.9 Å². The van der Waals surface area contributed by atoms with E-state index < -0.39 is 0 Å². The Morgan fingerprint density at radius 3 is 2.88 bits per heavy atom. The Balaban J connectivity index is 1.82. The van der Waals surface area contributed by atoms with Gasteiger partial charge in [-0.05, 0) is 37.8 Å². The van der Waals surface area contributed by atoms with Gasteiger partial charge < -0.3 is 9.26 Å². The molecule has 1 atom stereocenters. The molecule has 1 fully saturated rings. The number of rotatable bonds is 4. The quantitative estimate of drug-likeness (QED) is 0.721. The van der Waals surface area contributed by atoms with Gasteiger partial charge >= 0.3 is 0 Å². The standard InChI is InChI=1S/C18H18ClNO3S/c1-9-7-11(15(19)14-13(22-2)5-6-24-18(9)14)16(21)12-8-20-23-17(12)10-3-4-10/h7-8,10,13H,3-6H2,1-2H3. The highest BCUT2D eigenvalue weighted by Crippen LogP contribution is 2.46. The van der Waals surface area contributed by atoms with Crippen molar-refractivity contribution in [2.45, 2.75) is 43.1 Å². The first-order valence-corrected chi connectivity index (χ1v) is 9.46. The normalized spacial score (nSPS) is 20.0. The number of halogens is 1. The third kappa shape index (κ3) is 2.59. The summed E-state index contributed by atoms with van der Waals surface area (Å²) in [5, 5.41) is 4.34. The van der Waals surface area contributed by atoms with Gasteiger partial charge in [-0.1, -0.05) is 16.8 Å². The number of ether oxygens (including phenoxy) is 1. The van der Waals surface area contributed by atoms with Gasteiger partial charge in [0.1, 0.15) is 0 Å². The average molecular weight is 364 g/mol. The van der Waals surface area contributed by atoms with E-state index >= 15 is 0 Å². The predicted molar refractivity (Wildman–Crippen MR) is 93.2 cm³/mol. The lowest BCUT2D eigenvalue weighted by Gasteiger charge is -2.27. The number of carbonyl (C=O) groups excluding carboxylic acids is 1. The second-order valence-electron chi connectivity index (χ2n) is 6.37. The van der Waals surface area contributed by atoms with Crippen LogP contribution in [0, 0.1) is 6.92 Å². The molecule has 2 heterocycles. The Hall–Kier alpha value is -1.30. The van der Waals surface area contributed by atoms with Crippen LogP contribution in [0.2, 0.25) is 5.02 Å². The number of ketones is 1. The Bertz CT molecular complexity index is 813. The molecule has 1 aliphatic heterocycles. The predicted octanol–water partition coefficient (Wildman–Crippen LogP) is 4.93. The van der Waals surface area contributed by atoms with E-state index in [9.17, 15) is 4.79 Å². The van der Waals surface area contributed by atoms with E-state index in [0.29, 0.717) is 27.8 Å². The van der Waals surface area contributed by atoms with Gasteiger partial charge in [-0.15, -0.1) is 11.8 Å². The molecule has 4 nitrogen and oxygen atoms in total. The third-order valence-electron chi connectivity index (χ3n) is 4.71. The third-order valence-corrected chi connectivity index (χ3v) is 6.38. The number of hydrogen-bond acceptors (Lipinski definition) is 5. The largest absolute Gasteiger partial charge is 0.377 e. The maximum Gasteiger partial charge on any atom is 0.199 e. The molecule has 1 aromatic carbocycles. The number of nitrogens with zero attached hydrogens (tertiary/aromatic N) is 1. The highest BCUT2D eigenvalue weighted by Gasteiger charge is 2.34. The fourth-order valence-electron chi connectivity index (χ4n) is 3.30. The van der Waals surface area contributed by atoms with Crippen LogP contribution in [0.25, 0.3) is 0 Å². The molecule has 4 rings (SSSR count). The van der Waals surface area contributed by atoms with E-state index in [1.54, 1.807) is 18.9 Å². The molecule has 24 heavy (non-hydrogen) atoms.